The second kappa shape index (κ2) is 9.70. The predicted octanol–water partition coefficient (Wildman–Crippen LogP) is 1.31. The molecule has 0 amide bonds. The zero-order valence-corrected chi connectivity index (χ0v) is 16.2. The highest BCUT2D eigenvalue weighted by Gasteiger charge is 2.28. The minimum Gasteiger partial charge on any atom is -0.480 e. The van der Waals surface area contributed by atoms with E-state index in [9.17, 15) is 13.2 Å². The fourth-order valence-electron chi connectivity index (χ4n) is 2.60. The molecule has 0 radical (unpaired) electrons. The first-order valence-electron chi connectivity index (χ1n) is 7.50. The quantitative estimate of drug-likeness (QED) is 0.726. The summed E-state index contributed by atoms with van der Waals surface area (Å²) in [5.74, 6) is -1.19. The van der Waals surface area contributed by atoms with E-state index >= 15 is 0 Å². The number of hydrogen-bond donors (Lipinski definition) is 1. The second-order valence-corrected chi connectivity index (χ2v) is 8.16. The molecule has 1 aliphatic rings. The first kappa shape index (κ1) is 22.1. The van der Waals surface area contributed by atoms with E-state index in [-0.39, 0.29) is 25.1 Å². The van der Waals surface area contributed by atoms with Gasteiger partial charge < -0.3 is 9.84 Å². The molecule has 1 unspecified atom stereocenters. The molecule has 1 aliphatic heterocycles. The van der Waals surface area contributed by atoms with Gasteiger partial charge in [-0.25, -0.2) is 8.42 Å². The van der Waals surface area contributed by atoms with Crippen molar-refractivity contribution in [3.05, 3.63) is 34.9 Å². The number of nitrogens with zero attached hydrogens (tertiary/aromatic N) is 2. The van der Waals surface area contributed by atoms with Gasteiger partial charge in [0.1, 0.15) is 6.54 Å². The fourth-order valence-corrected chi connectivity index (χ4v) is 3.57. The molecule has 1 atom stereocenters. The molecule has 0 spiro atoms. The number of halogens is 2. The van der Waals surface area contributed by atoms with Crippen LogP contribution >= 0.6 is 24.0 Å². The van der Waals surface area contributed by atoms with Gasteiger partial charge in [-0.1, -0.05) is 29.8 Å². The molecular formula is C15H22Cl2N2O5S. The Labute approximate surface area is 159 Å². The number of carbonyl (C=O) groups is 1. The van der Waals surface area contributed by atoms with Crippen LogP contribution in [0.3, 0.4) is 0 Å². The van der Waals surface area contributed by atoms with E-state index in [0.29, 0.717) is 31.3 Å². The monoisotopic (exact) mass is 412 g/mol. The summed E-state index contributed by atoms with van der Waals surface area (Å²) in [6, 6.07) is 7.55. The van der Waals surface area contributed by atoms with Crippen molar-refractivity contribution in [2.75, 3.05) is 39.0 Å². The first-order valence-corrected chi connectivity index (χ1v) is 9.72. The Kier molecular flexibility index (Phi) is 8.59. The van der Waals surface area contributed by atoms with Crippen molar-refractivity contribution in [1.82, 2.24) is 9.21 Å². The summed E-state index contributed by atoms with van der Waals surface area (Å²) in [4.78, 5) is 13.0. The molecule has 10 heteroatoms. The number of hydrogen-bond acceptors (Lipinski definition) is 5. The topological polar surface area (TPSA) is 87.2 Å². The minimum absolute atomic E-state index is 0. The van der Waals surface area contributed by atoms with Crippen LogP contribution in [0.25, 0.3) is 0 Å². The van der Waals surface area contributed by atoms with E-state index in [1.165, 1.54) is 0 Å². The lowest BCUT2D eigenvalue weighted by Crippen LogP contribution is -2.49. The number of morpholine rings is 1. The van der Waals surface area contributed by atoms with Crippen LogP contribution in [-0.4, -0.2) is 73.8 Å². The van der Waals surface area contributed by atoms with Crippen molar-refractivity contribution in [1.29, 1.82) is 0 Å². The first-order chi connectivity index (χ1) is 11.3. The normalized spacial score (nSPS) is 18.8. The summed E-state index contributed by atoms with van der Waals surface area (Å²) >= 11 is 6.17. The van der Waals surface area contributed by atoms with Crippen molar-refractivity contribution in [3.8, 4) is 0 Å². The molecule has 1 saturated heterocycles. The number of rotatable bonds is 7. The summed E-state index contributed by atoms with van der Waals surface area (Å²) in [6.45, 7) is 1.76. The van der Waals surface area contributed by atoms with Gasteiger partial charge in [-0.2, -0.15) is 4.31 Å². The van der Waals surface area contributed by atoms with E-state index in [2.05, 4.69) is 4.90 Å². The van der Waals surface area contributed by atoms with Gasteiger partial charge in [-0.15, -0.1) is 12.4 Å². The lowest BCUT2D eigenvalue weighted by molar-refractivity contribution is -0.137. The number of ether oxygens (including phenoxy) is 1. The van der Waals surface area contributed by atoms with Gasteiger partial charge in [-0.3, -0.25) is 9.69 Å². The SMILES string of the molecule is CS(=O)(=O)N(CC(=O)O)CC1CN(Cc2ccccc2Cl)CCO1.Cl. The molecule has 1 heterocycles. The Morgan fingerprint density at radius 3 is 2.72 bits per heavy atom. The maximum atomic E-state index is 11.7. The summed E-state index contributed by atoms with van der Waals surface area (Å²) in [5.41, 5.74) is 0.991. The van der Waals surface area contributed by atoms with Gasteiger partial charge in [0, 0.05) is 31.2 Å². The predicted molar refractivity (Wildman–Crippen MR) is 97.8 cm³/mol. The smallest absolute Gasteiger partial charge is 0.318 e. The fraction of sp³-hybridized carbons (Fsp3) is 0.533. The summed E-state index contributed by atoms with van der Waals surface area (Å²) in [7, 11) is -3.61. The average Bonchev–Trinajstić information content (AvgIpc) is 2.48. The maximum absolute atomic E-state index is 11.7. The molecule has 0 aromatic heterocycles. The van der Waals surface area contributed by atoms with Gasteiger partial charge in [0.2, 0.25) is 10.0 Å². The zero-order chi connectivity index (χ0) is 17.7. The van der Waals surface area contributed by atoms with Crippen LogP contribution < -0.4 is 0 Å². The third kappa shape index (κ3) is 7.08. The van der Waals surface area contributed by atoms with E-state index in [1.807, 2.05) is 24.3 Å². The molecule has 142 valence electrons. The number of carboxylic acid groups (broad SMARTS) is 1. The third-order valence-electron chi connectivity index (χ3n) is 3.76. The molecular weight excluding hydrogens is 391 g/mol. The van der Waals surface area contributed by atoms with Crippen LogP contribution in [0.15, 0.2) is 24.3 Å². The van der Waals surface area contributed by atoms with Crippen molar-refractivity contribution >= 4 is 40.0 Å². The van der Waals surface area contributed by atoms with Crippen molar-refractivity contribution in [2.24, 2.45) is 0 Å². The molecule has 0 saturated carbocycles. The number of carboxylic acids is 1. The highest BCUT2D eigenvalue weighted by atomic mass is 35.5. The van der Waals surface area contributed by atoms with Crippen LogP contribution in [0.4, 0.5) is 0 Å². The van der Waals surface area contributed by atoms with Crippen LogP contribution in [0, 0.1) is 0 Å². The van der Waals surface area contributed by atoms with E-state index in [1.54, 1.807) is 0 Å². The molecule has 7 nitrogen and oxygen atoms in total. The molecule has 25 heavy (non-hydrogen) atoms. The lowest BCUT2D eigenvalue weighted by Gasteiger charge is -2.35. The standard InChI is InChI=1S/C15H21ClN2O5S.ClH/c1-24(21,22)18(11-15(19)20)10-13-9-17(6-7-23-13)8-12-4-2-3-5-14(12)16;/h2-5,13H,6-11H2,1H3,(H,19,20);1H. The molecule has 1 fully saturated rings. The third-order valence-corrected chi connectivity index (χ3v) is 5.35. The molecule has 0 aliphatic carbocycles. The van der Waals surface area contributed by atoms with Crippen LogP contribution in [0.5, 0.6) is 0 Å². The van der Waals surface area contributed by atoms with E-state index < -0.39 is 22.5 Å². The van der Waals surface area contributed by atoms with Crippen molar-refractivity contribution in [3.63, 3.8) is 0 Å². The van der Waals surface area contributed by atoms with Gasteiger partial charge in [0.25, 0.3) is 0 Å². The van der Waals surface area contributed by atoms with Gasteiger partial charge >= 0.3 is 5.97 Å². The second-order valence-electron chi connectivity index (χ2n) is 5.77. The summed E-state index contributed by atoms with van der Waals surface area (Å²) < 4.78 is 30.0. The Morgan fingerprint density at radius 2 is 2.12 bits per heavy atom. The summed E-state index contributed by atoms with van der Waals surface area (Å²) in [5, 5.41) is 9.57. The Bertz CT molecular complexity index is 686. The summed E-state index contributed by atoms with van der Waals surface area (Å²) in [6.07, 6.45) is 0.621. The molecule has 2 rings (SSSR count). The Morgan fingerprint density at radius 1 is 1.44 bits per heavy atom. The van der Waals surface area contributed by atoms with Gasteiger partial charge in [0.15, 0.2) is 0 Å². The number of sulfonamides is 1. The van der Waals surface area contributed by atoms with Crippen molar-refractivity contribution < 1.29 is 23.1 Å². The minimum atomic E-state index is -3.61. The van der Waals surface area contributed by atoms with Crippen LogP contribution in [0.1, 0.15) is 5.56 Å². The highest BCUT2D eigenvalue weighted by molar-refractivity contribution is 7.88. The molecule has 1 aromatic rings. The zero-order valence-electron chi connectivity index (χ0n) is 13.8. The largest absolute Gasteiger partial charge is 0.480 e. The van der Waals surface area contributed by atoms with Crippen LogP contribution in [-0.2, 0) is 26.1 Å². The molecule has 0 bridgehead atoms. The maximum Gasteiger partial charge on any atom is 0.318 e. The highest BCUT2D eigenvalue weighted by Crippen LogP contribution is 2.19. The average molecular weight is 413 g/mol. The van der Waals surface area contributed by atoms with E-state index in [4.69, 9.17) is 21.4 Å². The van der Waals surface area contributed by atoms with Crippen LogP contribution in [0.2, 0.25) is 5.02 Å². The lowest BCUT2D eigenvalue weighted by atomic mass is 10.2. The molecule has 1 N–H and O–H groups in total. The Hall–Kier alpha value is -0.900. The number of benzene rings is 1. The van der Waals surface area contributed by atoms with E-state index in [0.717, 1.165) is 16.1 Å². The van der Waals surface area contributed by atoms with Crippen molar-refractivity contribution in [2.45, 2.75) is 12.6 Å². The van der Waals surface area contributed by atoms with Gasteiger partial charge in [0.05, 0.1) is 19.0 Å². The van der Waals surface area contributed by atoms with Gasteiger partial charge in [-0.05, 0) is 11.6 Å². The number of aliphatic carboxylic acids is 1. The molecule has 1 aromatic carbocycles. The Balaban J connectivity index is 0.00000312.